The molecule has 0 atom stereocenters. The highest BCUT2D eigenvalue weighted by Crippen LogP contribution is 2.37. The van der Waals surface area contributed by atoms with E-state index in [0.29, 0.717) is 12.3 Å². The number of hydrogen-bond acceptors (Lipinski definition) is 8. The average Bonchev–Trinajstić information content (AvgIpc) is 3.06. The molecule has 2 aromatic heterocycles. The molecule has 172 valence electrons. The van der Waals surface area contributed by atoms with E-state index in [2.05, 4.69) is 23.5 Å². The molecule has 3 aromatic rings. The summed E-state index contributed by atoms with van der Waals surface area (Å²) in [4.78, 5) is 14.3. The predicted octanol–water partition coefficient (Wildman–Crippen LogP) is 5.04. The zero-order chi connectivity index (χ0) is 22.7. The number of alkyl halides is 2. The molecule has 6 nitrogen and oxygen atoms in total. The lowest BCUT2D eigenvalue weighted by Gasteiger charge is -2.25. The van der Waals surface area contributed by atoms with E-state index >= 15 is 0 Å². The number of benzene rings is 1. The van der Waals surface area contributed by atoms with Gasteiger partial charge in [-0.25, -0.2) is 9.97 Å². The number of morpholine rings is 1. The van der Waals surface area contributed by atoms with Crippen LogP contribution in [0.25, 0.3) is 10.2 Å². The van der Waals surface area contributed by atoms with Gasteiger partial charge in [-0.15, -0.1) is 23.1 Å². The topological polar surface area (TPSA) is 56.7 Å². The number of thiophene rings is 1. The van der Waals surface area contributed by atoms with Crippen LogP contribution in [0.5, 0.6) is 11.5 Å². The molecule has 0 spiro atoms. The molecule has 1 fully saturated rings. The minimum absolute atomic E-state index is 0.0257. The number of aromatic nitrogens is 2. The molecule has 0 aliphatic carbocycles. The third-order valence-corrected chi connectivity index (χ3v) is 7.48. The maximum absolute atomic E-state index is 12.6. The number of aryl methyl sites for hydroxylation is 2. The lowest BCUT2D eigenvalue weighted by atomic mass is 10.2. The van der Waals surface area contributed by atoms with E-state index in [4.69, 9.17) is 19.4 Å². The number of halogens is 2. The molecule has 0 radical (unpaired) electrons. The average molecular weight is 482 g/mol. The molecule has 32 heavy (non-hydrogen) atoms. The molecule has 1 aliphatic heterocycles. The van der Waals surface area contributed by atoms with E-state index in [9.17, 15) is 8.78 Å². The molecule has 0 N–H and O–H groups in total. The van der Waals surface area contributed by atoms with Crippen LogP contribution in [0, 0.1) is 13.8 Å². The predicted molar refractivity (Wildman–Crippen MR) is 122 cm³/mol. The van der Waals surface area contributed by atoms with Crippen molar-refractivity contribution in [2.75, 3.05) is 33.4 Å². The first-order valence-corrected chi connectivity index (χ1v) is 12.1. The maximum atomic E-state index is 12.6. The highest BCUT2D eigenvalue weighted by Gasteiger charge is 2.18. The minimum Gasteiger partial charge on any atom is -0.493 e. The minimum atomic E-state index is -2.90. The molecule has 0 bridgehead atoms. The van der Waals surface area contributed by atoms with E-state index in [0.717, 1.165) is 52.9 Å². The fourth-order valence-electron chi connectivity index (χ4n) is 3.54. The van der Waals surface area contributed by atoms with Crippen molar-refractivity contribution >= 4 is 33.3 Å². The number of ether oxygens (including phenoxy) is 3. The van der Waals surface area contributed by atoms with Crippen LogP contribution < -0.4 is 9.47 Å². The summed E-state index contributed by atoms with van der Waals surface area (Å²) in [5, 5.41) is 2.03. The Bertz CT molecular complexity index is 1090. The lowest BCUT2D eigenvalue weighted by molar-refractivity contribution is -0.0512. The van der Waals surface area contributed by atoms with Crippen LogP contribution in [-0.2, 0) is 17.0 Å². The third kappa shape index (κ3) is 5.31. The molecule has 0 saturated carbocycles. The van der Waals surface area contributed by atoms with Crippen molar-refractivity contribution in [1.29, 1.82) is 0 Å². The highest BCUT2D eigenvalue weighted by molar-refractivity contribution is 7.98. The Labute approximate surface area is 193 Å². The summed E-state index contributed by atoms with van der Waals surface area (Å²) in [5.41, 5.74) is 2.13. The second-order valence-electron chi connectivity index (χ2n) is 7.45. The summed E-state index contributed by atoms with van der Waals surface area (Å²) in [7, 11) is 1.44. The van der Waals surface area contributed by atoms with Crippen LogP contribution in [0.15, 0.2) is 23.2 Å². The smallest absolute Gasteiger partial charge is 0.387 e. The Morgan fingerprint density at radius 2 is 1.97 bits per heavy atom. The second-order valence-corrected chi connectivity index (χ2v) is 9.62. The number of thioether (sulfide) groups is 1. The van der Waals surface area contributed by atoms with E-state index in [1.54, 1.807) is 35.2 Å². The molecule has 3 heterocycles. The lowest BCUT2D eigenvalue weighted by Crippen LogP contribution is -2.36. The summed E-state index contributed by atoms with van der Waals surface area (Å²) in [6.45, 7) is 5.21. The van der Waals surface area contributed by atoms with Gasteiger partial charge in [-0.05, 0) is 37.1 Å². The van der Waals surface area contributed by atoms with E-state index in [1.807, 2.05) is 0 Å². The van der Waals surface area contributed by atoms with Crippen LogP contribution >= 0.6 is 23.1 Å². The van der Waals surface area contributed by atoms with Crippen LogP contribution in [0.2, 0.25) is 0 Å². The van der Waals surface area contributed by atoms with Crippen molar-refractivity contribution in [3.8, 4) is 11.5 Å². The molecular formula is C22H25F2N3O3S2. The van der Waals surface area contributed by atoms with Crippen LogP contribution in [0.3, 0.4) is 0 Å². The molecule has 0 unspecified atom stereocenters. The first-order valence-electron chi connectivity index (χ1n) is 10.3. The van der Waals surface area contributed by atoms with Crippen LogP contribution in [0.4, 0.5) is 8.78 Å². The Morgan fingerprint density at radius 3 is 2.69 bits per heavy atom. The number of fused-ring (bicyclic) bond motifs is 1. The summed E-state index contributed by atoms with van der Waals surface area (Å²) in [6, 6.07) is 5.01. The largest absolute Gasteiger partial charge is 0.493 e. The highest BCUT2D eigenvalue weighted by atomic mass is 32.2. The van der Waals surface area contributed by atoms with Crippen LogP contribution in [-0.4, -0.2) is 54.9 Å². The normalized spacial score (nSPS) is 14.9. The van der Waals surface area contributed by atoms with E-state index in [1.165, 1.54) is 23.6 Å². The van der Waals surface area contributed by atoms with Crippen molar-refractivity contribution in [3.05, 3.63) is 40.0 Å². The fraction of sp³-hybridized carbons (Fsp3) is 0.455. The molecule has 10 heteroatoms. The van der Waals surface area contributed by atoms with Gasteiger partial charge in [0.15, 0.2) is 11.5 Å². The molecule has 1 saturated heterocycles. The van der Waals surface area contributed by atoms with Gasteiger partial charge in [-0.2, -0.15) is 8.78 Å². The number of nitrogens with zero attached hydrogens (tertiary/aromatic N) is 3. The van der Waals surface area contributed by atoms with Crippen molar-refractivity contribution in [2.45, 2.75) is 37.8 Å². The van der Waals surface area contributed by atoms with Crippen molar-refractivity contribution in [1.82, 2.24) is 14.9 Å². The molecule has 1 aliphatic rings. The molecule has 1 aromatic carbocycles. The summed E-state index contributed by atoms with van der Waals surface area (Å²) >= 11 is 3.30. The van der Waals surface area contributed by atoms with Gasteiger partial charge < -0.3 is 14.2 Å². The van der Waals surface area contributed by atoms with Gasteiger partial charge in [-0.3, -0.25) is 4.90 Å². The summed E-state index contributed by atoms with van der Waals surface area (Å²) < 4.78 is 40.4. The second kappa shape index (κ2) is 10.3. The van der Waals surface area contributed by atoms with Gasteiger partial charge in [0.2, 0.25) is 0 Å². The standard InChI is InChI=1S/C22H25F2N3O3S2/c1-13-14(2)32-21-19(13)20(25-18(26-21)11-27-6-8-29-9-7-27)31-12-15-4-5-16(30-22(23)24)17(10-15)28-3/h4-5,10,22H,6-9,11-12H2,1-3H3. The molecular weight excluding hydrogens is 456 g/mol. The zero-order valence-electron chi connectivity index (χ0n) is 18.2. The first kappa shape index (κ1) is 23.2. The van der Waals surface area contributed by atoms with Gasteiger partial charge >= 0.3 is 6.61 Å². The Balaban J connectivity index is 1.58. The van der Waals surface area contributed by atoms with Crippen molar-refractivity contribution in [3.63, 3.8) is 0 Å². The van der Waals surface area contributed by atoms with E-state index in [-0.39, 0.29) is 11.5 Å². The Kier molecular flexibility index (Phi) is 7.44. The van der Waals surface area contributed by atoms with Gasteiger partial charge in [-0.1, -0.05) is 6.07 Å². The maximum Gasteiger partial charge on any atom is 0.387 e. The number of methoxy groups -OCH3 is 1. The third-order valence-electron chi connectivity index (χ3n) is 5.33. The van der Waals surface area contributed by atoms with Gasteiger partial charge in [0, 0.05) is 29.1 Å². The number of rotatable bonds is 8. The SMILES string of the molecule is COc1cc(CSc2nc(CN3CCOCC3)nc3sc(C)c(C)c23)ccc1OC(F)F. The van der Waals surface area contributed by atoms with Gasteiger partial charge in [0.25, 0.3) is 0 Å². The fourth-order valence-corrected chi connectivity index (χ4v) is 5.70. The quantitative estimate of drug-likeness (QED) is 0.330. The van der Waals surface area contributed by atoms with Crippen molar-refractivity contribution < 1.29 is 23.0 Å². The van der Waals surface area contributed by atoms with Gasteiger partial charge in [0.1, 0.15) is 15.7 Å². The molecule has 0 amide bonds. The zero-order valence-corrected chi connectivity index (χ0v) is 19.8. The Morgan fingerprint density at radius 1 is 1.19 bits per heavy atom. The monoisotopic (exact) mass is 481 g/mol. The van der Waals surface area contributed by atoms with Gasteiger partial charge in [0.05, 0.1) is 26.9 Å². The number of hydrogen-bond donors (Lipinski definition) is 0. The van der Waals surface area contributed by atoms with Crippen LogP contribution in [0.1, 0.15) is 21.8 Å². The Hall–Kier alpha value is -2.01. The van der Waals surface area contributed by atoms with E-state index < -0.39 is 6.61 Å². The molecule has 4 rings (SSSR count). The summed E-state index contributed by atoms with van der Waals surface area (Å²) in [6.07, 6.45) is 0. The van der Waals surface area contributed by atoms with Crippen molar-refractivity contribution in [2.24, 2.45) is 0 Å². The summed E-state index contributed by atoms with van der Waals surface area (Å²) in [5.74, 6) is 1.73. The first-order chi connectivity index (χ1) is 15.4.